The second-order valence-corrected chi connectivity index (χ2v) is 6.14. The van der Waals surface area contributed by atoms with E-state index in [4.69, 9.17) is 14.2 Å². The number of hydrogen-bond donors (Lipinski definition) is 1. The minimum atomic E-state index is -1.36. The summed E-state index contributed by atoms with van der Waals surface area (Å²) in [5.41, 5.74) is -0.413. The molecule has 2 aromatic rings. The fraction of sp³-hybridized carbons (Fsp3) is 0.167. The van der Waals surface area contributed by atoms with Crippen LogP contribution in [0.25, 0.3) is 0 Å². The van der Waals surface area contributed by atoms with E-state index in [1.807, 2.05) is 0 Å². The van der Waals surface area contributed by atoms with Crippen LogP contribution in [0.5, 0.6) is 11.5 Å². The lowest BCUT2D eigenvalue weighted by atomic mass is 10.2. The topological polar surface area (TPSA) is 130 Å². The summed E-state index contributed by atoms with van der Waals surface area (Å²) in [5, 5.41) is 13.8. The first-order valence-electron chi connectivity index (χ1n) is 8.04. The van der Waals surface area contributed by atoms with Gasteiger partial charge in [0, 0.05) is 44.1 Å². The van der Waals surface area contributed by atoms with E-state index in [1.54, 1.807) is 18.3 Å². The Bertz CT molecular complexity index is 948. The van der Waals surface area contributed by atoms with Crippen molar-refractivity contribution in [3.8, 4) is 11.5 Å². The Kier molecular flexibility index (Phi) is 4.94. The molecular weight excluding hydrogens is 370 g/mol. The van der Waals surface area contributed by atoms with E-state index in [0.717, 1.165) is 6.20 Å². The smallest absolute Gasteiger partial charge is 0.350 e. The van der Waals surface area contributed by atoms with Gasteiger partial charge >= 0.3 is 11.9 Å². The van der Waals surface area contributed by atoms with Gasteiger partial charge in [-0.05, 0) is 12.1 Å². The van der Waals surface area contributed by atoms with Crippen LogP contribution < -0.4 is 10.1 Å². The minimum absolute atomic E-state index is 0.165. The Morgan fingerprint density at radius 3 is 2.50 bits per heavy atom. The second-order valence-electron chi connectivity index (χ2n) is 6.14. The fourth-order valence-corrected chi connectivity index (χ4v) is 2.31. The van der Waals surface area contributed by atoms with Crippen LogP contribution in [0, 0.1) is 10.1 Å². The normalized spacial score (nSPS) is 15.3. The van der Waals surface area contributed by atoms with Crippen molar-refractivity contribution < 1.29 is 28.7 Å². The molecule has 0 unspecified atom stereocenters. The molecule has 1 saturated heterocycles. The number of ether oxygens (including phenoxy) is 3. The van der Waals surface area contributed by atoms with Crippen LogP contribution in [0.1, 0.15) is 13.8 Å². The van der Waals surface area contributed by atoms with Crippen molar-refractivity contribution in [2.24, 2.45) is 0 Å². The lowest BCUT2D eigenvalue weighted by Crippen LogP contribution is -2.42. The summed E-state index contributed by atoms with van der Waals surface area (Å²) < 4.78 is 15.5. The van der Waals surface area contributed by atoms with Crippen LogP contribution in [-0.4, -0.2) is 27.6 Å². The zero-order valence-electron chi connectivity index (χ0n) is 14.9. The number of carbonyl (C=O) groups excluding carboxylic acids is 2. The van der Waals surface area contributed by atoms with Gasteiger partial charge in [0.05, 0.1) is 17.2 Å². The molecule has 3 rings (SSSR count). The number of rotatable bonds is 5. The summed E-state index contributed by atoms with van der Waals surface area (Å²) in [6.07, 6.45) is 4.07. The summed E-state index contributed by atoms with van der Waals surface area (Å²) in [6, 6.07) is 7.20. The summed E-state index contributed by atoms with van der Waals surface area (Å²) in [5.74, 6) is -2.55. The summed E-state index contributed by atoms with van der Waals surface area (Å²) in [7, 11) is 0. The van der Waals surface area contributed by atoms with Crippen LogP contribution in [-0.2, 0) is 19.1 Å². The number of hydrogen-bond acceptors (Lipinski definition) is 9. The average Bonchev–Trinajstić information content (AvgIpc) is 2.60. The SMILES string of the molecule is CC1(C)OC(=O)C(=CNc2cc(Oc3cccnc3)cc([N+](=O)[O-])c2)C(=O)O1. The molecule has 10 heteroatoms. The summed E-state index contributed by atoms with van der Waals surface area (Å²) >= 11 is 0. The zero-order valence-corrected chi connectivity index (χ0v) is 14.9. The average molecular weight is 385 g/mol. The Morgan fingerprint density at radius 2 is 1.89 bits per heavy atom. The van der Waals surface area contributed by atoms with Gasteiger partial charge in [0.1, 0.15) is 11.5 Å². The molecule has 0 bridgehead atoms. The van der Waals surface area contributed by atoms with E-state index in [1.165, 1.54) is 38.2 Å². The van der Waals surface area contributed by atoms with Gasteiger partial charge in [0.15, 0.2) is 5.57 Å². The minimum Gasteiger partial charge on any atom is -0.455 e. The first-order valence-corrected chi connectivity index (χ1v) is 8.04. The molecule has 144 valence electrons. The van der Waals surface area contributed by atoms with Gasteiger partial charge in [-0.15, -0.1) is 0 Å². The molecule has 28 heavy (non-hydrogen) atoms. The zero-order chi connectivity index (χ0) is 20.3. The molecule has 0 amide bonds. The van der Waals surface area contributed by atoms with E-state index < -0.39 is 22.6 Å². The predicted molar refractivity (Wildman–Crippen MR) is 95.4 cm³/mol. The number of anilines is 1. The lowest BCUT2D eigenvalue weighted by molar-refractivity contribution is -0.384. The Balaban J connectivity index is 1.86. The van der Waals surface area contributed by atoms with E-state index in [9.17, 15) is 19.7 Å². The van der Waals surface area contributed by atoms with Gasteiger partial charge < -0.3 is 19.5 Å². The standard InChI is InChI=1S/C18H15N3O7/c1-18(2)27-16(22)15(17(23)28-18)10-20-11-6-12(21(24)25)8-14(7-11)26-13-4-3-5-19-9-13/h3-10,20H,1-2H3. The molecule has 1 fully saturated rings. The molecule has 10 nitrogen and oxygen atoms in total. The number of nitrogens with one attached hydrogen (secondary N) is 1. The maximum absolute atomic E-state index is 12.0. The summed E-state index contributed by atoms with van der Waals surface area (Å²) in [6.45, 7) is 2.85. The van der Waals surface area contributed by atoms with E-state index in [-0.39, 0.29) is 22.7 Å². The van der Waals surface area contributed by atoms with Gasteiger partial charge in [-0.25, -0.2) is 9.59 Å². The van der Waals surface area contributed by atoms with Gasteiger partial charge in [-0.1, -0.05) is 0 Å². The number of non-ortho nitro benzene ring substituents is 1. The molecule has 1 N–H and O–H groups in total. The van der Waals surface area contributed by atoms with E-state index in [0.29, 0.717) is 5.75 Å². The third kappa shape index (κ3) is 4.41. The molecule has 0 radical (unpaired) electrons. The molecule has 1 aliphatic rings. The highest BCUT2D eigenvalue weighted by molar-refractivity contribution is 6.15. The number of nitro groups is 1. The number of nitrogens with zero attached hydrogens (tertiary/aromatic N) is 2. The Hall–Kier alpha value is -3.95. The van der Waals surface area contributed by atoms with Crippen molar-refractivity contribution in [1.29, 1.82) is 0 Å². The number of pyridine rings is 1. The Morgan fingerprint density at radius 1 is 1.18 bits per heavy atom. The third-order valence-electron chi connectivity index (χ3n) is 3.47. The van der Waals surface area contributed by atoms with Gasteiger partial charge in [-0.2, -0.15) is 0 Å². The summed E-state index contributed by atoms with van der Waals surface area (Å²) in [4.78, 5) is 38.4. The maximum Gasteiger partial charge on any atom is 0.350 e. The predicted octanol–water partition coefficient (Wildman–Crippen LogP) is 2.91. The van der Waals surface area contributed by atoms with Crippen molar-refractivity contribution in [3.63, 3.8) is 0 Å². The quantitative estimate of drug-likeness (QED) is 0.271. The molecule has 1 aliphatic heterocycles. The molecular formula is C18H15N3O7. The molecule has 1 aromatic carbocycles. The van der Waals surface area contributed by atoms with Crippen molar-refractivity contribution in [2.75, 3.05) is 5.32 Å². The van der Waals surface area contributed by atoms with Crippen molar-refractivity contribution in [2.45, 2.75) is 19.6 Å². The number of esters is 2. The molecule has 0 spiro atoms. The van der Waals surface area contributed by atoms with Crippen LogP contribution in [0.3, 0.4) is 0 Å². The molecule has 0 aliphatic carbocycles. The fourth-order valence-electron chi connectivity index (χ4n) is 2.31. The van der Waals surface area contributed by atoms with Gasteiger partial charge in [-0.3, -0.25) is 15.1 Å². The van der Waals surface area contributed by atoms with Crippen LogP contribution in [0.4, 0.5) is 11.4 Å². The largest absolute Gasteiger partial charge is 0.455 e. The lowest BCUT2D eigenvalue weighted by Gasteiger charge is -2.29. The Labute approximate surface area is 158 Å². The van der Waals surface area contributed by atoms with Crippen LogP contribution in [0.15, 0.2) is 54.5 Å². The third-order valence-corrected chi connectivity index (χ3v) is 3.47. The number of benzene rings is 1. The van der Waals surface area contributed by atoms with Gasteiger partial charge in [0.25, 0.3) is 11.5 Å². The highest BCUT2D eigenvalue weighted by Gasteiger charge is 2.38. The number of carbonyl (C=O) groups is 2. The molecule has 2 heterocycles. The van der Waals surface area contributed by atoms with Crippen molar-refractivity contribution >= 4 is 23.3 Å². The van der Waals surface area contributed by atoms with Crippen molar-refractivity contribution in [3.05, 3.63) is 64.6 Å². The highest BCUT2D eigenvalue weighted by Crippen LogP contribution is 2.30. The van der Waals surface area contributed by atoms with Crippen LogP contribution >= 0.6 is 0 Å². The number of aromatic nitrogens is 1. The molecule has 1 aromatic heterocycles. The van der Waals surface area contributed by atoms with Crippen molar-refractivity contribution in [1.82, 2.24) is 4.98 Å². The maximum atomic E-state index is 12.0. The van der Waals surface area contributed by atoms with Gasteiger partial charge in [0.2, 0.25) is 0 Å². The van der Waals surface area contributed by atoms with E-state index in [2.05, 4.69) is 10.3 Å². The highest BCUT2D eigenvalue weighted by atomic mass is 16.7. The molecule has 0 atom stereocenters. The number of nitro benzene ring substituents is 1. The molecule has 0 saturated carbocycles. The van der Waals surface area contributed by atoms with E-state index >= 15 is 0 Å². The van der Waals surface area contributed by atoms with Crippen LogP contribution in [0.2, 0.25) is 0 Å². The number of cyclic esters (lactones) is 2. The first-order chi connectivity index (χ1) is 13.2. The second kappa shape index (κ2) is 7.35. The monoisotopic (exact) mass is 385 g/mol. The first kappa shape index (κ1) is 18.8.